The largest absolute Gasteiger partial charge is 0.378 e. The molecule has 1 atom stereocenters. The van der Waals surface area contributed by atoms with Gasteiger partial charge in [-0.05, 0) is 25.8 Å². The van der Waals surface area contributed by atoms with Gasteiger partial charge in [-0.25, -0.2) is 19.3 Å². The van der Waals surface area contributed by atoms with E-state index in [1.807, 2.05) is 0 Å². The molecule has 0 aromatic carbocycles. The number of hydrogen-bond acceptors (Lipinski definition) is 9. The maximum Gasteiger partial charge on any atom is 0.339 e. The fraction of sp³-hybridized carbons (Fsp3) is 0.312. The van der Waals surface area contributed by atoms with Gasteiger partial charge in [-0.15, -0.1) is 0 Å². The Morgan fingerprint density at radius 2 is 2.07 bits per heavy atom. The van der Waals surface area contributed by atoms with Crippen LogP contribution in [0.2, 0.25) is 0 Å². The van der Waals surface area contributed by atoms with Gasteiger partial charge in [-0.3, -0.25) is 15.2 Å². The van der Waals surface area contributed by atoms with E-state index in [-0.39, 0.29) is 17.5 Å². The van der Waals surface area contributed by atoms with Crippen LogP contribution in [-0.4, -0.2) is 35.1 Å². The Hall–Kier alpha value is -3.70. The molecule has 0 radical (unpaired) electrons. The molecular formula is C16H16FN9O2. The summed E-state index contributed by atoms with van der Waals surface area (Å²) in [6, 6.07) is 1.25. The molecule has 4 rings (SSSR count). The van der Waals surface area contributed by atoms with Gasteiger partial charge >= 0.3 is 5.69 Å². The maximum atomic E-state index is 13.0. The summed E-state index contributed by atoms with van der Waals surface area (Å²) in [5, 5.41) is 21.5. The normalized spacial score (nSPS) is 14.6. The Morgan fingerprint density at radius 3 is 2.71 bits per heavy atom. The van der Waals surface area contributed by atoms with E-state index in [2.05, 4.69) is 35.5 Å². The second-order valence-electron chi connectivity index (χ2n) is 6.50. The van der Waals surface area contributed by atoms with Crippen LogP contribution in [0.5, 0.6) is 0 Å². The highest BCUT2D eigenvalue weighted by Crippen LogP contribution is 2.41. The minimum absolute atomic E-state index is 0.00961. The average Bonchev–Trinajstić information content (AvgIpc) is 3.38. The van der Waals surface area contributed by atoms with Crippen molar-refractivity contribution < 1.29 is 9.31 Å². The third-order valence-electron chi connectivity index (χ3n) is 4.32. The van der Waals surface area contributed by atoms with Crippen LogP contribution in [0, 0.1) is 15.9 Å². The Kier molecular flexibility index (Phi) is 4.29. The van der Waals surface area contributed by atoms with E-state index in [0.29, 0.717) is 17.4 Å². The van der Waals surface area contributed by atoms with Crippen LogP contribution < -0.4 is 11.1 Å². The zero-order valence-electron chi connectivity index (χ0n) is 14.8. The molecule has 12 heteroatoms. The topological polar surface area (TPSA) is 161 Å². The van der Waals surface area contributed by atoms with Gasteiger partial charge in [0.2, 0.25) is 11.8 Å². The number of aromatic nitrogens is 6. The van der Waals surface area contributed by atoms with Gasteiger partial charge in [0.05, 0.1) is 23.4 Å². The van der Waals surface area contributed by atoms with Gasteiger partial charge in [-0.2, -0.15) is 10.1 Å². The number of aromatic amines is 1. The number of anilines is 2. The summed E-state index contributed by atoms with van der Waals surface area (Å²) in [4.78, 5) is 26.8. The van der Waals surface area contributed by atoms with Crippen molar-refractivity contribution in [3.05, 3.63) is 45.9 Å². The van der Waals surface area contributed by atoms with E-state index in [1.54, 1.807) is 13.0 Å². The Labute approximate surface area is 157 Å². The van der Waals surface area contributed by atoms with E-state index in [9.17, 15) is 14.5 Å². The molecule has 0 spiro atoms. The molecule has 144 valence electrons. The van der Waals surface area contributed by atoms with Crippen molar-refractivity contribution in [2.45, 2.75) is 31.7 Å². The van der Waals surface area contributed by atoms with Crippen LogP contribution in [-0.2, 0) is 0 Å². The lowest BCUT2D eigenvalue weighted by Gasteiger charge is -2.13. The molecule has 1 saturated carbocycles. The molecule has 0 aliphatic heterocycles. The van der Waals surface area contributed by atoms with Crippen molar-refractivity contribution in [2.24, 2.45) is 0 Å². The summed E-state index contributed by atoms with van der Waals surface area (Å²) < 4.78 is 13.0. The first-order chi connectivity index (χ1) is 13.4. The van der Waals surface area contributed by atoms with Crippen molar-refractivity contribution in [1.82, 2.24) is 30.1 Å². The SMILES string of the molecule is C[C@H](Nc1nc(N)c([N+](=O)[O-])c(-c2cc(C3CC3)[nH]n2)n1)c1ncc(F)cn1. The zero-order valence-corrected chi connectivity index (χ0v) is 14.8. The molecule has 3 aromatic heterocycles. The monoisotopic (exact) mass is 385 g/mol. The van der Waals surface area contributed by atoms with Crippen LogP contribution >= 0.6 is 0 Å². The number of H-pyrrole nitrogens is 1. The van der Waals surface area contributed by atoms with Crippen molar-refractivity contribution >= 4 is 17.5 Å². The van der Waals surface area contributed by atoms with Gasteiger partial charge in [-0.1, -0.05) is 0 Å². The standard InChI is InChI=1S/C16H16FN9O2/c1-7(15-19-5-9(17)6-20-15)21-16-22-12(13(26(27)28)14(18)23-16)11-4-10(24-25-11)8-2-3-8/h4-8H,2-3H2,1H3,(H,24,25)(H3,18,21,22,23)/t7-/m0/s1. The highest BCUT2D eigenvalue weighted by molar-refractivity contribution is 5.75. The summed E-state index contributed by atoms with van der Waals surface area (Å²) in [6.45, 7) is 1.72. The van der Waals surface area contributed by atoms with Crippen molar-refractivity contribution in [2.75, 3.05) is 11.1 Å². The lowest BCUT2D eigenvalue weighted by Crippen LogP contribution is -2.14. The predicted molar refractivity (Wildman–Crippen MR) is 96.7 cm³/mol. The Balaban J connectivity index is 1.69. The number of nitrogens with one attached hydrogen (secondary N) is 2. The number of nitro groups is 1. The van der Waals surface area contributed by atoms with E-state index >= 15 is 0 Å². The number of nitrogens with two attached hydrogens (primary N) is 1. The van der Waals surface area contributed by atoms with Crippen LogP contribution in [0.1, 0.15) is 43.2 Å². The molecular weight excluding hydrogens is 369 g/mol. The maximum absolute atomic E-state index is 13.0. The number of hydrogen-bond donors (Lipinski definition) is 3. The van der Waals surface area contributed by atoms with Gasteiger partial charge in [0.15, 0.2) is 11.5 Å². The molecule has 0 unspecified atom stereocenters. The van der Waals surface area contributed by atoms with Crippen LogP contribution in [0.3, 0.4) is 0 Å². The number of nitrogens with zero attached hydrogens (tertiary/aromatic N) is 6. The first-order valence-electron chi connectivity index (χ1n) is 8.54. The second kappa shape index (κ2) is 6.79. The predicted octanol–water partition coefficient (Wildman–Crippen LogP) is 2.34. The van der Waals surface area contributed by atoms with Gasteiger partial charge < -0.3 is 11.1 Å². The van der Waals surface area contributed by atoms with E-state index in [0.717, 1.165) is 30.9 Å². The van der Waals surface area contributed by atoms with Crippen molar-refractivity contribution in [3.8, 4) is 11.4 Å². The average molecular weight is 385 g/mol. The summed E-state index contributed by atoms with van der Waals surface area (Å²) in [7, 11) is 0. The highest BCUT2D eigenvalue weighted by atomic mass is 19.1. The molecule has 11 nitrogen and oxygen atoms in total. The Bertz CT molecular complexity index is 1030. The first-order valence-corrected chi connectivity index (χ1v) is 8.54. The lowest BCUT2D eigenvalue weighted by atomic mass is 10.2. The zero-order chi connectivity index (χ0) is 19.8. The van der Waals surface area contributed by atoms with Gasteiger partial charge in [0.1, 0.15) is 11.5 Å². The molecule has 3 heterocycles. The fourth-order valence-electron chi connectivity index (χ4n) is 2.76. The molecule has 1 aliphatic carbocycles. The Morgan fingerprint density at radius 1 is 1.36 bits per heavy atom. The molecule has 4 N–H and O–H groups in total. The third-order valence-corrected chi connectivity index (χ3v) is 4.32. The fourth-order valence-corrected chi connectivity index (χ4v) is 2.76. The number of nitrogen functional groups attached to an aromatic ring is 1. The van der Waals surface area contributed by atoms with E-state index in [1.165, 1.54) is 0 Å². The molecule has 28 heavy (non-hydrogen) atoms. The highest BCUT2D eigenvalue weighted by Gasteiger charge is 2.30. The van der Waals surface area contributed by atoms with Crippen LogP contribution in [0.4, 0.5) is 21.8 Å². The van der Waals surface area contributed by atoms with Crippen molar-refractivity contribution in [3.63, 3.8) is 0 Å². The molecule has 3 aromatic rings. The molecule has 0 saturated heterocycles. The molecule has 1 aliphatic rings. The minimum atomic E-state index is -0.633. The second-order valence-corrected chi connectivity index (χ2v) is 6.50. The summed E-state index contributed by atoms with van der Waals surface area (Å²) in [5.74, 6) is -0.0961. The quantitative estimate of drug-likeness (QED) is 0.427. The molecule has 0 amide bonds. The smallest absolute Gasteiger partial charge is 0.339 e. The third kappa shape index (κ3) is 3.43. The molecule has 0 bridgehead atoms. The number of halogens is 1. The van der Waals surface area contributed by atoms with Gasteiger partial charge in [0.25, 0.3) is 0 Å². The summed E-state index contributed by atoms with van der Waals surface area (Å²) >= 11 is 0. The van der Waals surface area contributed by atoms with Crippen molar-refractivity contribution in [1.29, 1.82) is 0 Å². The van der Waals surface area contributed by atoms with Gasteiger partial charge in [0, 0.05) is 11.6 Å². The van der Waals surface area contributed by atoms with E-state index in [4.69, 9.17) is 5.73 Å². The van der Waals surface area contributed by atoms with Crippen LogP contribution in [0.15, 0.2) is 18.5 Å². The minimum Gasteiger partial charge on any atom is -0.378 e. The number of rotatable bonds is 6. The first kappa shape index (κ1) is 17.7. The van der Waals surface area contributed by atoms with E-state index < -0.39 is 22.5 Å². The molecule has 1 fully saturated rings. The summed E-state index contributed by atoms with van der Waals surface area (Å²) in [6.07, 6.45) is 4.19. The summed E-state index contributed by atoms with van der Waals surface area (Å²) in [5.41, 5.74) is 6.64. The lowest BCUT2D eigenvalue weighted by molar-refractivity contribution is -0.383. The van der Waals surface area contributed by atoms with Crippen LogP contribution in [0.25, 0.3) is 11.4 Å².